The third-order valence-corrected chi connectivity index (χ3v) is 6.07. The minimum Gasteiger partial charge on any atom is -0.379 e. The maximum absolute atomic E-state index is 5.39. The lowest BCUT2D eigenvalue weighted by atomic mass is 10.1. The van der Waals surface area contributed by atoms with Gasteiger partial charge in [-0.05, 0) is 76.1 Å². The topological polar surface area (TPSA) is 49.0 Å². The van der Waals surface area contributed by atoms with Gasteiger partial charge < -0.3 is 20.1 Å². The Morgan fingerprint density at radius 3 is 1.40 bits per heavy atom. The highest BCUT2D eigenvalue weighted by Crippen LogP contribution is 2.06. The summed E-state index contributed by atoms with van der Waals surface area (Å²) in [7, 11) is 0. The second kappa shape index (κ2) is 14.9. The number of ether oxygens (including phenoxy) is 2. The number of hydrogen-bond acceptors (Lipinski definition) is 6. The molecule has 2 fully saturated rings. The first-order valence-electron chi connectivity index (χ1n) is 12.0. The van der Waals surface area contributed by atoms with Crippen molar-refractivity contribution in [2.75, 3.05) is 91.9 Å². The number of benzene rings is 1. The Morgan fingerprint density at radius 1 is 0.600 bits per heavy atom. The van der Waals surface area contributed by atoms with Gasteiger partial charge in [-0.15, -0.1) is 0 Å². The SMILES string of the molecule is c1cc(CCNCCCN2CCOCC2)ccc1CCNCCCN1CCOCC1. The van der Waals surface area contributed by atoms with Gasteiger partial charge in [0.25, 0.3) is 0 Å². The van der Waals surface area contributed by atoms with Crippen LogP contribution in [-0.4, -0.2) is 102 Å². The van der Waals surface area contributed by atoms with Crippen molar-refractivity contribution in [2.24, 2.45) is 0 Å². The van der Waals surface area contributed by atoms with Gasteiger partial charge in [0.15, 0.2) is 0 Å². The Labute approximate surface area is 183 Å². The fourth-order valence-electron chi connectivity index (χ4n) is 4.09. The van der Waals surface area contributed by atoms with Gasteiger partial charge in [0.2, 0.25) is 0 Å². The number of morpholine rings is 2. The molecule has 0 radical (unpaired) electrons. The average molecular weight is 419 g/mol. The molecule has 30 heavy (non-hydrogen) atoms. The maximum Gasteiger partial charge on any atom is 0.0594 e. The van der Waals surface area contributed by atoms with Crippen molar-refractivity contribution in [2.45, 2.75) is 25.7 Å². The number of nitrogens with zero attached hydrogens (tertiary/aromatic N) is 2. The van der Waals surface area contributed by atoms with Gasteiger partial charge in [0.05, 0.1) is 26.4 Å². The predicted molar refractivity (Wildman–Crippen MR) is 123 cm³/mol. The summed E-state index contributed by atoms with van der Waals surface area (Å²) in [5, 5.41) is 7.17. The van der Waals surface area contributed by atoms with E-state index in [2.05, 4.69) is 44.7 Å². The first kappa shape index (κ1) is 23.6. The van der Waals surface area contributed by atoms with Crippen molar-refractivity contribution >= 4 is 0 Å². The maximum atomic E-state index is 5.39. The molecule has 0 aromatic heterocycles. The molecule has 0 saturated carbocycles. The monoisotopic (exact) mass is 418 g/mol. The van der Waals surface area contributed by atoms with Crippen molar-refractivity contribution in [3.8, 4) is 0 Å². The van der Waals surface area contributed by atoms with Crippen molar-refractivity contribution in [1.29, 1.82) is 0 Å². The molecule has 0 atom stereocenters. The molecule has 0 aliphatic carbocycles. The summed E-state index contributed by atoms with van der Waals surface area (Å²) in [5.74, 6) is 0. The molecular weight excluding hydrogens is 376 g/mol. The quantitative estimate of drug-likeness (QED) is 0.446. The van der Waals surface area contributed by atoms with Crippen LogP contribution in [0, 0.1) is 0 Å². The summed E-state index contributed by atoms with van der Waals surface area (Å²) in [6, 6.07) is 9.18. The second-order valence-electron chi connectivity index (χ2n) is 8.43. The van der Waals surface area contributed by atoms with Crippen LogP contribution < -0.4 is 10.6 Å². The fraction of sp³-hybridized carbons (Fsp3) is 0.750. The summed E-state index contributed by atoms with van der Waals surface area (Å²) in [6.07, 6.45) is 4.66. The van der Waals surface area contributed by atoms with E-state index in [0.717, 1.165) is 91.6 Å². The lowest BCUT2D eigenvalue weighted by Gasteiger charge is -2.26. The lowest BCUT2D eigenvalue weighted by Crippen LogP contribution is -2.37. The summed E-state index contributed by atoms with van der Waals surface area (Å²) in [4.78, 5) is 5.01. The molecule has 2 aliphatic heterocycles. The van der Waals surface area contributed by atoms with E-state index >= 15 is 0 Å². The number of nitrogens with one attached hydrogen (secondary N) is 2. The van der Waals surface area contributed by atoms with E-state index in [-0.39, 0.29) is 0 Å². The van der Waals surface area contributed by atoms with Crippen LogP contribution in [0.1, 0.15) is 24.0 Å². The van der Waals surface area contributed by atoms with Gasteiger partial charge in [-0.3, -0.25) is 9.80 Å². The highest BCUT2D eigenvalue weighted by molar-refractivity contribution is 5.23. The highest BCUT2D eigenvalue weighted by atomic mass is 16.5. The molecule has 6 heteroatoms. The van der Waals surface area contributed by atoms with Gasteiger partial charge in [-0.25, -0.2) is 0 Å². The zero-order valence-corrected chi connectivity index (χ0v) is 18.7. The normalized spacial score (nSPS) is 18.7. The van der Waals surface area contributed by atoms with Crippen molar-refractivity contribution < 1.29 is 9.47 Å². The standard InChI is InChI=1S/C24H42N4O2/c1(13-27-15-19-29-20-16-27)9-25-11-7-23-3-5-24(6-4-23)8-12-26-10-2-14-28-17-21-30-22-18-28/h3-6,25-26H,1-2,7-22H2. The average Bonchev–Trinajstić information content (AvgIpc) is 2.81. The molecule has 0 amide bonds. The molecule has 2 heterocycles. The summed E-state index contributed by atoms with van der Waals surface area (Å²) < 4.78 is 10.8. The first-order valence-corrected chi connectivity index (χ1v) is 12.0. The van der Waals surface area contributed by atoms with Gasteiger partial charge in [0.1, 0.15) is 0 Å². The summed E-state index contributed by atoms with van der Waals surface area (Å²) >= 11 is 0. The van der Waals surface area contributed by atoms with Crippen LogP contribution in [0.25, 0.3) is 0 Å². The van der Waals surface area contributed by atoms with E-state index in [0.29, 0.717) is 0 Å². The van der Waals surface area contributed by atoms with Gasteiger partial charge in [-0.1, -0.05) is 24.3 Å². The molecular formula is C24H42N4O2. The molecule has 0 bridgehead atoms. The smallest absolute Gasteiger partial charge is 0.0594 e. The van der Waals surface area contributed by atoms with Crippen LogP contribution in [0.3, 0.4) is 0 Å². The molecule has 2 aliphatic rings. The molecule has 3 rings (SSSR count). The van der Waals surface area contributed by atoms with E-state index in [4.69, 9.17) is 9.47 Å². The third kappa shape index (κ3) is 9.86. The van der Waals surface area contributed by atoms with E-state index in [1.165, 1.54) is 37.1 Å². The molecule has 6 nitrogen and oxygen atoms in total. The van der Waals surface area contributed by atoms with Crippen molar-refractivity contribution in [3.05, 3.63) is 35.4 Å². The Kier molecular flexibility index (Phi) is 11.7. The number of hydrogen-bond donors (Lipinski definition) is 2. The zero-order chi connectivity index (χ0) is 20.7. The van der Waals surface area contributed by atoms with Crippen LogP contribution in [-0.2, 0) is 22.3 Å². The Hall–Kier alpha value is -1.02. The Morgan fingerprint density at radius 2 is 1.00 bits per heavy atom. The van der Waals surface area contributed by atoms with E-state index in [1.54, 1.807) is 0 Å². The minimum atomic E-state index is 0.897. The van der Waals surface area contributed by atoms with E-state index in [9.17, 15) is 0 Å². The van der Waals surface area contributed by atoms with Gasteiger partial charge in [-0.2, -0.15) is 0 Å². The lowest BCUT2D eigenvalue weighted by molar-refractivity contribution is 0.0374. The summed E-state index contributed by atoms with van der Waals surface area (Å²) in [5.41, 5.74) is 2.86. The van der Waals surface area contributed by atoms with E-state index < -0.39 is 0 Å². The van der Waals surface area contributed by atoms with Gasteiger partial charge >= 0.3 is 0 Å². The number of rotatable bonds is 14. The van der Waals surface area contributed by atoms with Crippen LogP contribution in [0.5, 0.6) is 0 Å². The third-order valence-electron chi connectivity index (χ3n) is 6.07. The van der Waals surface area contributed by atoms with Gasteiger partial charge in [0, 0.05) is 26.2 Å². The fourth-order valence-corrected chi connectivity index (χ4v) is 4.09. The molecule has 1 aromatic rings. The van der Waals surface area contributed by atoms with Crippen LogP contribution >= 0.6 is 0 Å². The molecule has 0 unspecified atom stereocenters. The Balaban J connectivity index is 1.15. The zero-order valence-electron chi connectivity index (χ0n) is 18.7. The molecule has 1 aromatic carbocycles. The van der Waals surface area contributed by atoms with Crippen LogP contribution in [0.4, 0.5) is 0 Å². The highest BCUT2D eigenvalue weighted by Gasteiger charge is 2.09. The molecule has 2 N–H and O–H groups in total. The molecule has 0 spiro atoms. The second-order valence-corrected chi connectivity index (χ2v) is 8.43. The predicted octanol–water partition coefficient (Wildman–Crippen LogP) is 1.40. The minimum absolute atomic E-state index is 0.897. The van der Waals surface area contributed by atoms with Crippen molar-refractivity contribution in [3.63, 3.8) is 0 Å². The van der Waals surface area contributed by atoms with Crippen molar-refractivity contribution in [1.82, 2.24) is 20.4 Å². The molecule has 2 saturated heterocycles. The van der Waals surface area contributed by atoms with E-state index in [1.807, 2.05) is 0 Å². The first-order chi connectivity index (χ1) is 14.9. The molecule has 170 valence electrons. The van der Waals surface area contributed by atoms with Crippen LogP contribution in [0.2, 0.25) is 0 Å². The van der Waals surface area contributed by atoms with Crippen LogP contribution in [0.15, 0.2) is 24.3 Å². The Bertz CT molecular complexity index is 494. The largest absolute Gasteiger partial charge is 0.379 e. The summed E-state index contributed by atoms with van der Waals surface area (Å²) in [6.45, 7) is 14.7.